The van der Waals surface area contributed by atoms with Crippen LogP contribution in [-0.4, -0.2) is 38.5 Å². The fraction of sp³-hybridized carbons (Fsp3) is 0.529. The van der Waals surface area contributed by atoms with Crippen LogP contribution in [0.15, 0.2) is 23.1 Å². The average molecular weight is 353 g/mol. The Balaban J connectivity index is 2.29. The van der Waals surface area contributed by atoms with Crippen LogP contribution < -0.4 is 4.74 Å². The highest BCUT2D eigenvalue weighted by molar-refractivity contribution is 7.90. The van der Waals surface area contributed by atoms with Gasteiger partial charge < -0.3 is 4.74 Å². The Labute approximate surface area is 142 Å². The summed E-state index contributed by atoms with van der Waals surface area (Å²) in [4.78, 5) is 25.9. The molecule has 1 aromatic rings. The fourth-order valence-electron chi connectivity index (χ4n) is 2.97. The summed E-state index contributed by atoms with van der Waals surface area (Å²) in [7, 11) is -2.07. The van der Waals surface area contributed by atoms with Gasteiger partial charge in [0.1, 0.15) is 10.6 Å². The lowest BCUT2D eigenvalue weighted by molar-refractivity contribution is -0.152. The van der Waals surface area contributed by atoms with Gasteiger partial charge in [0.25, 0.3) is 0 Å². The zero-order valence-electron chi connectivity index (χ0n) is 14.2. The molecule has 24 heavy (non-hydrogen) atoms. The van der Waals surface area contributed by atoms with Crippen molar-refractivity contribution in [3.63, 3.8) is 0 Å². The summed E-state index contributed by atoms with van der Waals surface area (Å²) < 4.78 is 28.9. The number of hydrogen-bond donors (Lipinski definition) is 0. The second-order valence-electron chi connectivity index (χ2n) is 6.10. The molecule has 7 heteroatoms. The maximum absolute atomic E-state index is 12.5. The third-order valence-corrected chi connectivity index (χ3v) is 5.35. The van der Waals surface area contributed by atoms with E-state index in [1.165, 1.54) is 18.1 Å². The predicted molar refractivity (Wildman–Crippen MR) is 89.3 cm³/mol. The zero-order chi connectivity index (χ0) is 17.9. The molecule has 0 saturated carbocycles. The molecule has 1 aliphatic heterocycles. The van der Waals surface area contributed by atoms with E-state index in [4.69, 9.17) is 4.74 Å². The van der Waals surface area contributed by atoms with Crippen molar-refractivity contribution < 1.29 is 22.7 Å². The summed E-state index contributed by atoms with van der Waals surface area (Å²) in [6, 6.07) is 4.70. The number of rotatable bonds is 6. The molecule has 1 aromatic carbocycles. The molecular weight excluding hydrogens is 330 g/mol. The van der Waals surface area contributed by atoms with Crippen LogP contribution in [0.4, 0.5) is 0 Å². The van der Waals surface area contributed by atoms with Crippen molar-refractivity contribution in [2.75, 3.05) is 13.4 Å². The first-order valence-corrected chi connectivity index (χ1v) is 9.88. The quantitative estimate of drug-likeness (QED) is 0.732. The van der Waals surface area contributed by atoms with E-state index in [1.54, 1.807) is 12.1 Å². The Kier molecular flexibility index (Phi) is 5.64. The first-order valence-electron chi connectivity index (χ1n) is 7.99. The normalized spacial score (nSPS) is 18.8. The molecule has 0 N–H and O–H groups in total. The number of imide groups is 1. The summed E-state index contributed by atoms with van der Waals surface area (Å²) >= 11 is 0. The van der Waals surface area contributed by atoms with Crippen LogP contribution in [-0.2, 0) is 26.0 Å². The summed E-state index contributed by atoms with van der Waals surface area (Å²) in [6.45, 7) is 2.10. The highest BCUT2D eigenvalue weighted by Crippen LogP contribution is 2.28. The van der Waals surface area contributed by atoms with Crippen molar-refractivity contribution in [3.8, 4) is 5.75 Å². The molecule has 1 unspecified atom stereocenters. The second-order valence-corrected chi connectivity index (χ2v) is 8.08. The van der Waals surface area contributed by atoms with Gasteiger partial charge in [-0.2, -0.15) is 0 Å². The third-order valence-electron chi connectivity index (χ3n) is 4.23. The number of nitrogens with zero attached hydrogens (tertiary/aromatic N) is 1. The lowest BCUT2D eigenvalue weighted by atomic mass is 9.92. The number of likely N-dealkylation sites (tertiary alicyclic amines) is 1. The predicted octanol–water partition coefficient (Wildman–Crippen LogP) is 2.16. The smallest absolute Gasteiger partial charge is 0.232 e. The molecule has 1 fully saturated rings. The number of sulfone groups is 1. The van der Waals surface area contributed by atoms with Gasteiger partial charge >= 0.3 is 0 Å². The number of benzene rings is 1. The molecule has 0 radical (unpaired) electrons. The van der Waals surface area contributed by atoms with Gasteiger partial charge in [-0.3, -0.25) is 14.5 Å². The summed E-state index contributed by atoms with van der Waals surface area (Å²) in [5.41, 5.74) is 0.593. The van der Waals surface area contributed by atoms with Gasteiger partial charge in [0.2, 0.25) is 11.8 Å². The molecule has 2 rings (SSSR count). The molecular formula is C17H23NO5S. The van der Waals surface area contributed by atoms with E-state index in [1.807, 2.05) is 6.92 Å². The van der Waals surface area contributed by atoms with Crippen LogP contribution >= 0.6 is 0 Å². The van der Waals surface area contributed by atoms with E-state index in [2.05, 4.69) is 0 Å². The summed E-state index contributed by atoms with van der Waals surface area (Å²) in [6.07, 6.45) is 3.70. The summed E-state index contributed by atoms with van der Waals surface area (Å²) in [5.74, 6) is -0.240. The molecule has 6 nitrogen and oxygen atoms in total. The average Bonchev–Trinajstić information content (AvgIpc) is 2.53. The van der Waals surface area contributed by atoms with Crippen LogP contribution in [0.25, 0.3) is 0 Å². The molecule has 0 bridgehead atoms. The topological polar surface area (TPSA) is 80.8 Å². The van der Waals surface area contributed by atoms with Gasteiger partial charge in [-0.05, 0) is 30.5 Å². The SMILES string of the molecule is CCCC1CCC(=O)N(Cc2ccc(OC)c(S(C)(=O)=O)c2)C1=O. The van der Waals surface area contributed by atoms with Gasteiger partial charge in [-0.25, -0.2) is 8.42 Å². The molecule has 1 heterocycles. The molecule has 1 aliphatic rings. The number of carbonyl (C=O) groups is 2. The van der Waals surface area contributed by atoms with Gasteiger partial charge in [-0.15, -0.1) is 0 Å². The van der Waals surface area contributed by atoms with Crippen molar-refractivity contribution in [2.45, 2.75) is 44.0 Å². The maximum Gasteiger partial charge on any atom is 0.232 e. The number of piperidine rings is 1. The lowest BCUT2D eigenvalue weighted by Gasteiger charge is -2.30. The van der Waals surface area contributed by atoms with E-state index in [0.29, 0.717) is 18.4 Å². The van der Waals surface area contributed by atoms with Crippen LogP contribution in [0.5, 0.6) is 5.75 Å². The third kappa shape index (κ3) is 3.95. The second kappa shape index (κ2) is 7.34. The van der Waals surface area contributed by atoms with E-state index >= 15 is 0 Å². The molecule has 0 aliphatic carbocycles. The molecule has 132 valence electrons. The summed E-state index contributed by atoms with van der Waals surface area (Å²) in [5, 5.41) is 0. The first kappa shape index (κ1) is 18.4. The number of hydrogen-bond acceptors (Lipinski definition) is 5. The molecule has 1 atom stereocenters. The van der Waals surface area contributed by atoms with Crippen molar-refractivity contribution in [3.05, 3.63) is 23.8 Å². The maximum atomic E-state index is 12.5. The minimum absolute atomic E-state index is 0.0597. The number of ether oxygens (including phenoxy) is 1. The van der Waals surface area contributed by atoms with Crippen LogP contribution in [0, 0.1) is 5.92 Å². The Morgan fingerprint density at radius 3 is 2.58 bits per heavy atom. The van der Waals surface area contributed by atoms with Crippen LogP contribution in [0.1, 0.15) is 38.2 Å². The van der Waals surface area contributed by atoms with E-state index in [9.17, 15) is 18.0 Å². The lowest BCUT2D eigenvalue weighted by Crippen LogP contribution is -2.44. The van der Waals surface area contributed by atoms with Crippen molar-refractivity contribution in [1.29, 1.82) is 0 Å². The zero-order valence-corrected chi connectivity index (χ0v) is 15.1. The molecule has 2 amide bonds. The largest absolute Gasteiger partial charge is 0.495 e. The number of amides is 2. The van der Waals surface area contributed by atoms with Gasteiger partial charge in [0, 0.05) is 18.6 Å². The van der Waals surface area contributed by atoms with Gasteiger partial charge in [0.05, 0.1) is 13.7 Å². The molecule has 0 aromatic heterocycles. The number of methoxy groups -OCH3 is 1. The van der Waals surface area contributed by atoms with Crippen molar-refractivity contribution in [2.24, 2.45) is 5.92 Å². The van der Waals surface area contributed by atoms with E-state index in [-0.39, 0.29) is 34.9 Å². The highest BCUT2D eigenvalue weighted by Gasteiger charge is 2.33. The Bertz CT molecular complexity index is 741. The molecule has 1 saturated heterocycles. The fourth-order valence-corrected chi connectivity index (χ4v) is 3.86. The van der Waals surface area contributed by atoms with Crippen molar-refractivity contribution in [1.82, 2.24) is 4.90 Å². The monoisotopic (exact) mass is 353 g/mol. The first-order chi connectivity index (χ1) is 11.3. The number of carbonyl (C=O) groups excluding carboxylic acids is 2. The van der Waals surface area contributed by atoms with Gasteiger partial charge in [0.15, 0.2) is 9.84 Å². The van der Waals surface area contributed by atoms with Crippen molar-refractivity contribution >= 4 is 21.7 Å². The minimum atomic E-state index is -3.47. The standard InChI is InChI=1S/C17H23NO5S/c1-4-5-13-7-9-16(19)18(17(13)20)11-12-6-8-14(23-2)15(10-12)24(3,21)22/h6,8,10,13H,4-5,7,9,11H2,1-3H3. The van der Waals surface area contributed by atoms with E-state index < -0.39 is 9.84 Å². The van der Waals surface area contributed by atoms with Crippen LogP contribution in [0.2, 0.25) is 0 Å². The van der Waals surface area contributed by atoms with E-state index in [0.717, 1.165) is 19.1 Å². The minimum Gasteiger partial charge on any atom is -0.495 e. The Morgan fingerprint density at radius 1 is 1.29 bits per heavy atom. The van der Waals surface area contributed by atoms with Gasteiger partial charge in [-0.1, -0.05) is 19.4 Å². The molecule has 0 spiro atoms. The Hall–Kier alpha value is -1.89. The Morgan fingerprint density at radius 2 is 2.00 bits per heavy atom. The van der Waals surface area contributed by atoms with Crippen LogP contribution in [0.3, 0.4) is 0 Å². The highest BCUT2D eigenvalue weighted by atomic mass is 32.2.